The van der Waals surface area contributed by atoms with Gasteiger partial charge in [0.15, 0.2) is 18.1 Å². The van der Waals surface area contributed by atoms with E-state index in [0.717, 1.165) is 17.5 Å². The van der Waals surface area contributed by atoms with Gasteiger partial charge in [-0.3, -0.25) is 14.4 Å². The van der Waals surface area contributed by atoms with Crippen LogP contribution in [-0.2, 0) is 27.3 Å². The average molecular weight is 603 g/mol. The van der Waals surface area contributed by atoms with Gasteiger partial charge in [-0.1, -0.05) is 6.07 Å². The van der Waals surface area contributed by atoms with Crippen LogP contribution in [0.1, 0.15) is 43.2 Å². The SMILES string of the molecule is COc1cc2ccc1CNC(=O)CCc1ccc(OC)c(c1)OCC(=O)N[C@@H]1CN(C(=O)C3(N)CCC3)CC[C@@H]1O2.Cl. The van der Waals surface area contributed by atoms with Crippen molar-refractivity contribution in [2.75, 3.05) is 33.9 Å². The van der Waals surface area contributed by atoms with Gasteiger partial charge in [0.05, 0.1) is 25.8 Å². The Morgan fingerprint density at radius 1 is 1.05 bits per heavy atom. The number of nitrogens with one attached hydrogen (secondary N) is 2. The number of ether oxygens (including phenoxy) is 4. The number of benzene rings is 2. The van der Waals surface area contributed by atoms with E-state index in [1.807, 2.05) is 18.2 Å². The normalized spacial score (nSPS) is 22.1. The van der Waals surface area contributed by atoms with Gasteiger partial charge >= 0.3 is 0 Å². The number of carbonyl (C=O) groups is 3. The van der Waals surface area contributed by atoms with Crippen molar-refractivity contribution in [1.82, 2.24) is 15.5 Å². The Kier molecular flexibility index (Phi) is 10.1. The first-order valence-corrected chi connectivity index (χ1v) is 14.1. The zero-order chi connectivity index (χ0) is 29.0. The van der Waals surface area contributed by atoms with E-state index >= 15 is 0 Å². The number of carbonyl (C=O) groups excluding carboxylic acids is 3. The number of halogens is 1. The molecule has 4 aliphatic rings. The summed E-state index contributed by atoms with van der Waals surface area (Å²) < 4.78 is 23.2. The van der Waals surface area contributed by atoms with Gasteiger partial charge in [0.1, 0.15) is 17.6 Å². The van der Waals surface area contributed by atoms with Gasteiger partial charge in [-0.2, -0.15) is 0 Å². The molecule has 3 aliphatic heterocycles. The molecule has 2 aromatic rings. The van der Waals surface area contributed by atoms with Crippen LogP contribution in [0.2, 0.25) is 0 Å². The van der Waals surface area contributed by atoms with Crippen molar-refractivity contribution in [3.8, 4) is 23.0 Å². The average Bonchev–Trinajstić information content (AvgIpc) is 2.97. The van der Waals surface area contributed by atoms with Gasteiger partial charge in [-0.15, -0.1) is 12.4 Å². The van der Waals surface area contributed by atoms with Crippen LogP contribution >= 0.6 is 12.4 Å². The van der Waals surface area contributed by atoms with Gasteiger partial charge in [-0.05, 0) is 55.5 Å². The van der Waals surface area contributed by atoms with Crippen molar-refractivity contribution in [3.05, 3.63) is 47.5 Å². The van der Waals surface area contributed by atoms with Crippen molar-refractivity contribution < 1.29 is 33.3 Å². The summed E-state index contributed by atoms with van der Waals surface area (Å²) in [6.07, 6.45) is 3.13. The third-order valence-electron chi connectivity index (χ3n) is 8.10. The summed E-state index contributed by atoms with van der Waals surface area (Å²) in [5.74, 6) is 1.48. The monoisotopic (exact) mass is 602 g/mol. The number of amides is 3. The van der Waals surface area contributed by atoms with E-state index in [4.69, 9.17) is 24.7 Å². The molecule has 3 amide bonds. The quantitative estimate of drug-likeness (QED) is 0.485. The Morgan fingerprint density at radius 2 is 1.83 bits per heavy atom. The molecule has 1 saturated carbocycles. The molecule has 0 aromatic heterocycles. The van der Waals surface area contributed by atoms with Crippen molar-refractivity contribution in [3.63, 3.8) is 0 Å². The highest BCUT2D eigenvalue weighted by atomic mass is 35.5. The number of methoxy groups -OCH3 is 2. The summed E-state index contributed by atoms with van der Waals surface area (Å²) in [5, 5.41) is 5.97. The van der Waals surface area contributed by atoms with Crippen LogP contribution in [0.4, 0.5) is 0 Å². The topological polar surface area (TPSA) is 141 Å². The molecule has 4 N–H and O–H groups in total. The number of aryl methyl sites for hydroxylation is 1. The highest BCUT2D eigenvalue weighted by Gasteiger charge is 2.45. The summed E-state index contributed by atoms with van der Waals surface area (Å²) in [5.41, 5.74) is 7.21. The predicted molar refractivity (Wildman–Crippen MR) is 157 cm³/mol. The molecule has 2 aromatic carbocycles. The number of likely N-dealkylation sites (tertiary alicyclic amines) is 1. The van der Waals surface area contributed by atoms with E-state index in [1.54, 1.807) is 30.2 Å². The Hall–Kier alpha value is -3.70. The standard InChI is InChI=1S/C30H38N4O7.ClH/c1-38-24-8-4-19-5-9-27(35)32-16-20-6-7-21(15-25(20)39-2)41-23-10-13-34(29(37)30(31)11-3-12-30)17-22(23)33-28(36)18-40-26(24)14-19;/h4,6-8,14-15,22-23H,3,5,9-13,16-18,31H2,1-2H3,(H,32,35)(H,33,36);1H/t22-,23+;/m1./s1. The first-order valence-electron chi connectivity index (χ1n) is 14.1. The number of piperidine rings is 1. The van der Waals surface area contributed by atoms with Crippen LogP contribution in [0.5, 0.6) is 23.0 Å². The van der Waals surface area contributed by atoms with Gasteiger partial charge in [0.2, 0.25) is 11.8 Å². The van der Waals surface area contributed by atoms with Gasteiger partial charge in [-0.25, -0.2) is 0 Å². The Bertz CT molecular complexity index is 1300. The maximum atomic E-state index is 13.2. The molecule has 0 unspecified atom stereocenters. The zero-order valence-corrected chi connectivity index (χ0v) is 24.8. The summed E-state index contributed by atoms with van der Waals surface area (Å²) in [6, 6.07) is 10.4. The van der Waals surface area contributed by atoms with Crippen LogP contribution in [0, 0.1) is 0 Å². The number of fused-ring (bicyclic) bond motifs is 9. The maximum Gasteiger partial charge on any atom is 0.258 e. The number of hydrogen-bond acceptors (Lipinski definition) is 8. The van der Waals surface area contributed by atoms with Crippen LogP contribution in [-0.4, -0.2) is 74.2 Å². The van der Waals surface area contributed by atoms with E-state index in [0.29, 0.717) is 61.8 Å². The smallest absolute Gasteiger partial charge is 0.258 e. The second kappa shape index (κ2) is 13.5. The van der Waals surface area contributed by atoms with Crippen molar-refractivity contribution >= 4 is 30.1 Å². The fraction of sp³-hybridized carbons (Fsp3) is 0.500. The summed E-state index contributed by atoms with van der Waals surface area (Å²) >= 11 is 0. The molecule has 0 spiro atoms. The van der Waals surface area contributed by atoms with Crippen LogP contribution in [0.25, 0.3) is 0 Å². The lowest BCUT2D eigenvalue weighted by Gasteiger charge is -2.45. The second-order valence-electron chi connectivity index (χ2n) is 10.9. The molecule has 6 rings (SSSR count). The van der Waals surface area contributed by atoms with E-state index < -0.39 is 17.7 Å². The van der Waals surface area contributed by atoms with E-state index in [1.165, 1.54) is 7.11 Å². The van der Waals surface area contributed by atoms with Crippen molar-refractivity contribution in [1.29, 1.82) is 0 Å². The Labute approximate surface area is 251 Å². The van der Waals surface area contributed by atoms with Crippen LogP contribution in [0.3, 0.4) is 0 Å². The zero-order valence-electron chi connectivity index (χ0n) is 24.0. The molecule has 228 valence electrons. The van der Waals surface area contributed by atoms with Gasteiger partial charge in [0.25, 0.3) is 5.91 Å². The minimum atomic E-state index is -0.824. The third-order valence-corrected chi connectivity index (χ3v) is 8.10. The largest absolute Gasteiger partial charge is 0.496 e. The highest BCUT2D eigenvalue weighted by Crippen LogP contribution is 2.33. The molecular formula is C30H39ClN4O7. The molecule has 12 heteroatoms. The lowest BCUT2D eigenvalue weighted by molar-refractivity contribution is -0.143. The van der Waals surface area contributed by atoms with E-state index in [-0.39, 0.29) is 49.7 Å². The lowest BCUT2D eigenvalue weighted by atomic mass is 9.76. The minimum Gasteiger partial charge on any atom is -0.496 e. The van der Waals surface area contributed by atoms with E-state index in [9.17, 15) is 14.4 Å². The number of nitrogens with zero attached hydrogens (tertiary/aromatic N) is 1. The lowest BCUT2D eigenvalue weighted by Crippen LogP contribution is -2.65. The van der Waals surface area contributed by atoms with Gasteiger partial charge < -0.3 is 40.2 Å². The molecule has 3 heterocycles. The molecule has 2 fully saturated rings. The summed E-state index contributed by atoms with van der Waals surface area (Å²) in [6.45, 7) is 0.783. The molecule has 1 saturated heterocycles. The third kappa shape index (κ3) is 7.01. The molecular weight excluding hydrogens is 564 g/mol. The summed E-state index contributed by atoms with van der Waals surface area (Å²) in [4.78, 5) is 40.7. The highest BCUT2D eigenvalue weighted by molar-refractivity contribution is 5.87. The molecule has 0 radical (unpaired) electrons. The molecule has 42 heavy (non-hydrogen) atoms. The van der Waals surface area contributed by atoms with Crippen LogP contribution in [0.15, 0.2) is 36.4 Å². The summed E-state index contributed by atoms with van der Waals surface area (Å²) in [7, 11) is 3.09. The molecule has 11 nitrogen and oxygen atoms in total. The molecule has 1 aliphatic carbocycles. The Balaban J connectivity index is 0.00000405. The van der Waals surface area contributed by atoms with Crippen molar-refractivity contribution in [2.24, 2.45) is 5.73 Å². The fourth-order valence-electron chi connectivity index (χ4n) is 5.52. The second-order valence-corrected chi connectivity index (χ2v) is 10.9. The first-order chi connectivity index (χ1) is 19.8. The fourth-order valence-corrected chi connectivity index (χ4v) is 5.52. The molecule has 2 atom stereocenters. The minimum absolute atomic E-state index is 0. The number of hydrogen-bond donors (Lipinski definition) is 3. The van der Waals surface area contributed by atoms with Crippen LogP contribution < -0.4 is 35.3 Å². The van der Waals surface area contributed by atoms with Crippen molar-refractivity contribution in [2.45, 2.75) is 62.8 Å². The first kappa shape index (κ1) is 31.2. The Morgan fingerprint density at radius 3 is 2.55 bits per heavy atom. The maximum absolute atomic E-state index is 13.2. The van der Waals surface area contributed by atoms with Gasteiger partial charge in [0, 0.05) is 44.1 Å². The number of rotatable bonds is 3. The number of nitrogens with two attached hydrogens (primary N) is 1. The van der Waals surface area contributed by atoms with E-state index in [2.05, 4.69) is 10.6 Å². The molecule has 4 bridgehead atoms. The predicted octanol–water partition coefficient (Wildman–Crippen LogP) is 2.11.